The summed E-state index contributed by atoms with van der Waals surface area (Å²) >= 11 is 5.87. The Bertz CT molecular complexity index is 1300. The molecule has 0 aliphatic rings. The first-order valence-corrected chi connectivity index (χ1v) is 11.5. The summed E-state index contributed by atoms with van der Waals surface area (Å²) in [6, 6.07) is 18.9. The van der Waals surface area contributed by atoms with Crippen molar-refractivity contribution in [3.8, 4) is 6.07 Å². The number of nitrogens with one attached hydrogen (secondary N) is 2. The summed E-state index contributed by atoms with van der Waals surface area (Å²) in [7, 11) is -7.92. The van der Waals surface area contributed by atoms with Gasteiger partial charge in [-0.25, -0.2) is 16.8 Å². The Morgan fingerprint density at radius 2 is 1.28 bits per heavy atom. The number of anilines is 2. The van der Waals surface area contributed by atoms with Crippen LogP contribution in [-0.4, -0.2) is 16.8 Å². The van der Waals surface area contributed by atoms with Crippen LogP contribution in [0.2, 0.25) is 5.02 Å². The minimum Gasteiger partial charge on any atom is -0.280 e. The molecule has 0 amide bonds. The maximum absolute atomic E-state index is 12.6. The molecule has 0 radical (unpaired) electrons. The number of sulfonamides is 2. The van der Waals surface area contributed by atoms with E-state index >= 15 is 0 Å². The van der Waals surface area contributed by atoms with E-state index in [2.05, 4.69) is 9.44 Å². The van der Waals surface area contributed by atoms with Crippen molar-refractivity contribution < 1.29 is 16.8 Å². The van der Waals surface area contributed by atoms with Crippen LogP contribution in [0, 0.1) is 11.3 Å². The fourth-order valence-electron chi connectivity index (χ4n) is 2.42. The Morgan fingerprint density at radius 1 is 0.724 bits per heavy atom. The third-order valence-corrected chi connectivity index (χ3v) is 6.78. The number of halogens is 1. The van der Waals surface area contributed by atoms with Crippen LogP contribution in [0.5, 0.6) is 0 Å². The molecule has 0 fully saturated rings. The molecule has 148 valence electrons. The first kappa shape index (κ1) is 20.7. The maximum atomic E-state index is 12.6. The molecule has 3 aromatic rings. The molecule has 0 spiro atoms. The molecule has 0 unspecified atom stereocenters. The van der Waals surface area contributed by atoms with E-state index in [9.17, 15) is 16.8 Å². The van der Waals surface area contributed by atoms with E-state index in [1.807, 2.05) is 6.07 Å². The zero-order valence-corrected chi connectivity index (χ0v) is 17.1. The highest BCUT2D eigenvalue weighted by Gasteiger charge is 2.18. The van der Waals surface area contributed by atoms with Gasteiger partial charge in [-0.3, -0.25) is 9.44 Å². The fourth-order valence-corrected chi connectivity index (χ4v) is 4.75. The molecule has 0 atom stereocenters. The molecule has 0 saturated heterocycles. The van der Waals surface area contributed by atoms with Crippen molar-refractivity contribution in [2.75, 3.05) is 9.44 Å². The molecule has 10 heteroatoms. The number of nitrogens with zero attached hydrogens (tertiary/aromatic N) is 1. The third kappa shape index (κ3) is 5.06. The molecule has 3 aromatic carbocycles. The Kier molecular flexibility index (Phi) is 5.79. The van der Waals surface area contributed by atoms with Gasteiger partial charge < -0.3 is 0 Å². The van der Waals surface area contributed by atoms with Crippen molar-refractivity contribution in [3.63, 3.8) is 0 Å². The van der Waals surface area contributed by atoms with Gasteiger partial charge in [0.15, 0.2) is 0 Å². The van der Waals surface area contributed by atoms with Gasteiger partial charge in [-0.1, -0.05) is 23.7 Å². The van der Waals surface area contributed by atoms with E-state index in [1.165, 1.54) is 54.6 Å². The smallest absolute Gasteiger partial charge is 0.261 e. The van der Waals surface area contributed by atoms with Crippen LogP contribution >= 0.6 is 11.6 Å². The Hall–Kier alpha value is -3.06. The molecule has 0 aromatic heterocycles. The molecular formula is C19H14ClN3O4S2. The lowest BCUT2D eigenvalue weighted by Crippen LogP contribution is -2.15. The standard InChI is InChI=1S/C19H14ClN3O4S2/c20-15-3-1-4-16(11-15)22-29(26,27)19-6-2-5-17(12-19)23-28(24,25)18-9-7-14(13-21)8-10-18/h1-12,22-23H. The minimum absolute atomic E-state index is 0.0539. The molecule has 7 nitrogen and oxygen atoms in total. The van der Waals surface area contributed by atoms with E-state index in [1.54, 1.807) is 18.2 Å². The highest BCUT2D eigenvalue weighted by molar-refractivity contribution is 7.93. The molecule has 2 N–H and O–H groups in total. The summed E-state index contributed by atoms with van der Waals surface area (Å²) in [5.74, 6) is 0. The Balaban J connectivity index is 1.86. The molecule has 0 heterocycles. The molecule has 0 aliphatic carbocycles. The first-order chi connectivity index (χ1) is 13.7. The average molecular weight is 448 g/mol. The van der Waals surface area contributed by atoms with Gasteiger partial charge >= 0.3 is 0 Å². The van der Waals surface area contributed by atoms with Crippen LogP contribution < -0.4 is 9.44 Å². The third-order valence-electron chi connectivity index (χ3n) is 3.77. The Labute approximate surface area is 173 Å². The predicted molar refractivity (Wildman–Crippen MR) is 111 cm³/mol. The van der Waals surface area contributed by atoms with E-state index in [0.717, 1.165) is 0 Å². The minimum atomic E-state index is -3.96. The molecule has 0 saturated carbocycles. The van der Waals surface area contributed by atoms with Gasteiger partial charge in [0, 0.05) is 5.02 Å². The largest absolute Gasteiger partial charge is 0.280 e. The second-order valence-electron chi connectivity index (χ2n) is 5.89. The lowest BCUT2D eigenvalue weighted by Gasteiger charge is -2.11. The molecular weight excluding hydrogens is 434 g/mol. The van der Waals surface area contributed by atoms with E-state index < -0.39 is 20.0 Å². The summed E-state index contributed by atoms with van der Waals surface area (Å²) in [5, 5.41) is 9.18. The quantitative estimate of drug-likeness (QED) is 0.595. The second kappa shape index (κ2) is 8.13. The second-order valence-corrected chi connectivity index (χ2v) is 9.69. The van der Waals surface area contributed by atoms with Gasteiger partial charge in [0.1, 0.15) is 0 Å². The van der Waals surface area contributed by atoms with Crippen LogP contribution in [-0.2, 0) is 20.0 Å². The van der Waals surface area contributed by atoms with E-state index in [0.29, 0.717) is 10.6 Å². The number of nitriles is 1. The van der Waals surface area contributed by atoms with Crippen molar-refractivity contribution in [2.45, 2.75) is 9.79 Å². The maximum Gasteiger partial charge on any atom is 0.261 e. The van der Waals surface area contributed by atoms with Gasteiger partial charge in [-0.2, -0.15) is 5.26 Å². The van der Waals surface area contributed by atoms with Crippen LogP contribution in [0.3, 0.4) is 0 Å². The first-order valence-electron chi connectivity index (χ1n) is 8.11. The van der Waals surface area contributed by atoms with Crippen LogP contribution in [0.15, 0.2) is 82.6 Å². The molecule has 29 heavy (non-hydrogen) atoms. The van der Waals surface area contributed by atoms with E-state index in [4.69, 9.17) is 16.9 Å². The fraction of sp³-hybridized carbons (Fsp3) is 0. The van der Waals surface area contributed by atoms with E-state index in [-0.39, 0.29) is 21.2 Å². The number of rotatable bonds is 6. The lowest BCUT2D eigenvalue weighted by molar-refractivity contribution is 0.598. The van der Waals surface area contributed by atoms with Crippen molar-refractivity contribution in [3.05, 3.63) is 83.4 Å². The number of hydrogen-bond donors (Lipinski definition) is 2. The van der Waals surface area contributed by atoms with Crippen LogP contribution in [0.1, 0.15) is 5.56 Å². The van der Waals surface area contributed by atoms with Crippen LogP contribution in [0.4, 0.5) is 11.4 Å². The molecule has 3 rings (SSSR count). The highest BCUT2D eigenvalue weighted by atomic mass is 35.5. The normalized spacial score (nSPS) is 11.4. The SMILES string of the molecule is N#Cc1ccc(S(=O)(=O)Nc2cccc(S(=O)(=O)Nc3cccc(Cl)c3)c2)cc1. The van der Waals surface area contributed by atoms with Crippen LogP contribution in [0.25, 0.3) is 0 Å². The number of benzene rings is 3. The zero-order chi connectivity index (χ0) is 21.1. The topological polar surface area (TPSA) is 116 Å². The van der Waals surface area contributed by atoms with Gasteiger partial charge in [0.25, 0.3) is 20.0 Å². The highest BCUT2D eigenvalue weighted by Crippen LogP contribution is 2.23. The monoisotopic (exact) mass is 447 g/mol. The van der Waals surface area contributed by atoms with Crippen molar-refractivity contribution >= 4 is 43.0 Å². The molecule has 0 bridgehead atoms. The number of hydrogen-bond acceptors (Lipinski definition) is 5. The average Bonchev–Trinajstić information content (AvgIpc) is 2.67. The predicted octanol–water partition coefficient (Wildman–Crippen LogP) is 3.81. The summed E-state index contributed by atoms with van der Waals surface area (Å²) < 4.78 is 55.0. The van der Waals surface area contributed by atoms with Gasteiger partial charge in [-0.05, 0) is 60.7 Å². The van der Waals surface area contributed by atoms with Crippen molar-refractivity contribution in [2.24, 2.45) is 0 Å². The summed E-state index contributed by atoms with van der Waals surface area (Å²) in [6.07, 6.45) is 0. The lowest BCUT2D eigenvalue weighted by atomic mass is 10.2. The summed E-state index contributed by atoms with van der Waals surface area (Å²) in [5.41, 5.74) is 0.675. The van der Waals surface area contributed by atoms with Gasteiger partial charge in [-0.15, -0.1) is 0 Å². The summed E-state index contributed by atoms with van der Waals surface area (Å²) in [4.78, 5) is -0.181. The van der Waals surface area contributed by atoms with Gasteiger partial charge in [0.05, 0.1) is 32.8 Å². The van der Waals surface area contributed by atoms with Crippen molar-refractivity contribution in [1.82, 2.24) is 0 Å². The molecule has 0 aliphatic heterocycles. The van der Waals surface area contributed by atoms with Gasteiger partial charge in [0.2, 0.25) is 0 Å². The van der Waals surface area contributed by atoms with Crippen molar-refractivity contribution in [1.29, 1.82) is 5.26 Å². The Morgan fingerprint density at radius 3 is 1.86 bits per heavy atom. The zero-order valence-electron chi connectivity index (χ0n) is 14.7. The summed E-state index contributed by atoms with van der Waals surface area (Å²) in [6.45, 7) is 0.